The number of hydrogen-bond acceptors (Lipinski definition) is 3. The number of nitrogens with zero attached hydrogens (tertiary/aromatic N) is 1. The molecule has 0 aromatic rings. The molecule has 1 atom stereocenters. The summed E-state index contributed by atoms with van der Waals surface area (Å²) >= 11 is 0. The first-order valence-electron chi connectivity index (χ1n) is 5.35. The molecule has 0 spiro atoms. The summed E-state index contributed by atoms with van der Waals surface area (Å²) in [6.45, 7) is 2.15. The minimum absolute atomic E-state index is 0.124. The van der Waals surface area contributed by atoms with E-state index in [1.807, 2.05) is 11.9 Å². The van der Waals surface area contributed by atoms with Crippen LogP contribution in [0.4, 0.5) is 0 Å². The summed E-state index contributed by atoms with van der Waals surface area (Å²) in [5.41, 5.74) is 0. The van der Waals surface area contributed by atoms with Gasteiger partial charge in [-0.2, -0.15) is 0 Å². The summed E-state index contributed by atoms with van der Waals surface area (Å²) in [7, 11) is 1.87. The monoisotopic (exact) mass is 198 g/mol. The summed E-state index contributed by atoms with van der Waals surface area (Å²) < 4.78 is 5.51. The van der Waals surface area contributed by atoms with Crippen LogP contribution in [0.3, 0.4) is 0 Å². The highest BCUT2D eigenvalue weighted by atomic mass is 16.5. The highest BCUT2D eigenvalue weighted by Crippen LogP contribution is 2.25. The summed E-state index contributed by atoms with van der Waals surface area (Å²) in [6, 6.07) is 0.493. The van der Waals surface area contributed by atoms with Gasteiger partial charge in [-0.05, 0) is 25.8 Å². The molecule has 0 aromatic carbocycles. The Kier molecular flexibility index (Phi) is 3.03. The van der Waals surface area contributed by atoms with E-state index in [-0.39, 0.29) is 18.6 Å². The number of likely N-dealkylation sites (N-methyl/N-ethyl adjacent to an activating group) is 1. The maximum atomic E-state index is 11.6. The lowest BCUT2D eigenvalue weighted by molar-refractivity contribution is -0.137. The molecular weight excluding hydrogens is 180 g/mol. The molecule has 0 bridgehead atoms. The van der Waals surface area contributed by atoms with Crippen molar-refractivity contribution in [3.63, 3.8) is 0 Å². The lowest BCUT2D eigenvalue weighted by Crippen LogP contribution is -2.33. The van der Waals surface area contributed by atoms with Gasteiger partial charge < -0.3 is 15.0 Å². The van der Waals surface area contributed by atoms with Gasteiger partial charge in [0.25, 0.3) is 0 Å². The number of rotatable bonds is 4. The Labute approximate surface area is 84.6 Å². The predicted molar refractivity (Wildman–Crippen MR) is 53.0 cm³/mol. The van der Waals surface area contributed by atoms with E-state index in [4.69, 9.17) is 4.74 Å². The van der Waals surface area contributed by atoms with Crippen molar-refractivity contribution in [1.29, 1.82) is 0 Å². The molecule has 1 saturated carbocycles. The summed E-state index contributed by atoms with van der Waals surface area (Å²) in [6.07, 6.45) is 3.59. The number of carbonyl (C=O) groups excluding carboxylic acids is 1. The summed E-state index contributed by atoms with van der Waals surface area (Å²) in [5, 5.41) is 3.21. The molecule has 1 aliphatic heterocycles. The second-order valence-electron chi connectivity index (χ2n) is 4.16. The third-order valence-electron chi connectivity index (χ3n) is 2.95. The molecule has 80 valence electrons. The Morgan fingerprint density at radius 3 is 2.86 bits per heavy atom. The third kappa shape index (κ3) is 2.45. The molecule has 1 amide bonds. The normalized spacial score (nSPS) is 26.5. The summed E-state index contributed by atoms with van der Waals surface area (Å²) in [4.78, 5) is 13.4. The minimum Gasteiger partial charge on any atom is -0.367 e. The third-order valence-corrected chi connectivity index (χ3v) is 2.95. The van der Waals surface area contributed by atoms with Gasteiger partial charge >= 0.3 is 0 Å². The van der Waals surface area contributed by atoms with Crippen LogP contribution >= 0.6 is 0 Å². The smallest absolute Gasteiger partial charge is 0.248 e. The Balaban J connectivity index is 1.65. The van der Waals surface area contributed by atoms with Gasteiger partial charge in [0.05, 0.1) is 6.10 Å². The van der Waals surface area contributed by atoms with Crippen LogP contribution < -0.4 is 5.32 Å². The van der Waals surface area contributed by atoms with Crippen molar-refractivity contribution in [2.24, 2.45) is 0 Å². The van der Waals surface area contributed by atoms with Gasteiger partial charge in [0, 0.05) is 19.6 Å². The topological polar surface area (TPSA) is 41.6 Å². The average Bonchev–Trinajstić information content (AvgIpc) is 2.91. The molecule has 1 saturated heterocycles. The van der Waals surface area contributed by atoms with Crippen molar-refractivity contribution in [3.8, 4) is 0 Å². The van der Waals surface area contributed by atoms with Gasteiger partial charge in [-0.25, -0.2) is 0 Å². The van der Waals surface area contributed by atoms with E-state index >= 15 is 0 Å². The van der Waals surface area contributed by atoms with Crippen LogP contribution in [0.5, 0.6) is 0 Å². The van der Waals surface area contributed by atoms with Gasteiger partial charge in [-0.3, -0.25) is 4.79 Å². The van der Waals surface area contributed by atoms with Crippen LogP contribution in [0.2, 0.25) is 0 Å². The molecule has 2 fully saturated rings. The molecule has 1 N–H and O–H groups in total. The van der Waals surface area contributed by atoms with Crippen molar-refractivity contribution in [3.05, 3.63) is 0 Å². The Hall–Kier alpha value is -0.610. The van der Waals surface area contributed by atoms with Crippen molar-refractivity contribution in [2.45, 2.75) is 31.4 Å². The molecule has 1 aliphatic carbocycles. The van der Waals surface area contributed by atoms with Gasteiger partial charge in [0.1, 0.15) is 6.61 Å². The number of ether oxygens (including phenoxy) is 1. The van der Waals surface area contributed by atoms with Crippen molar-refractivity contribution >= 4 is 5.91 Å². The van der Waals surface area contributed by atoms with Gasteiger partial charge in [0.2, 0.25) is 5.91 Å². The molecule has 0 aromatic heterocycles. The molecule has 1 unspecified atom stereocenters. The zero-order valence-corrected chi connectivity index (χ0v) is 8.66. The van der Waals surface area contributed by atoms with Crippen molar-refractivity contribution in [1.82, 2.24) is 10.2 Å². The van der Waals surface area contributed by atoms with E-state index in [2.05, 4.69) is 5.32 Å². The minimum atomic E-state index is 0.124. The van der Waals surface area contributed by atoms with E-state index in [1.54, 1.807) is 0 Å². The van der Waals surface area contributed by atoms with E-state index in [9.17, 15) is 4.79 Å². The fourth-order valence-corrected chi connectivity index (χ4v) is 1.73. The quantitative estimate of drug-likeness (QED) is 0.690. The number of carbonyl (C=O) groups is 1. The second-order valence-corrected chi connectivity index (χ2v) is 4.16. The van der Waals surface area contributed by atoms with Crippen LogP contribution in [-0.2, 0) is 9.53 Å². The Morgan fingerprint density at radius 1 is 1.50 bits per heavy atom. The second kappa shape index (κ2) is 4.28. The van der Waals surface area contributed by atoms with E-state index < -0.39 is 0 Å². The average molecular weight is 198 g/mol. The van der Waals surface area contributed by atoms with E-state index in [1.165, 1.54) is 0 Å². The molecule has 0 radical (unpaired) electrons. The van der Waals surface area contributed by atoms with Crippen LogP contribution in [-0.4, -0.2) is 49.7 Å². The van der Waals surface area contributed by atoms with Gasteiger partial charge in [0.15, 0.2) is 0 Å². The van der Waals surface area contributed by atoms with Crippen LogP contribution in [0.25, 0.3) is 0 Å². The first kappa shape index (κ1) is 9.93. The maximum absolute atomic E-state index is 11.6. The van der Waals surface area contributed by atoms with Crippen LogP contribution in [0, 0.1) is 0 Å². The largest absolute Gasteiger partial charge is 0.367 e. The molecule has 1 heterocycles. The molecule has 4 heteroatoms. The highest BCUT2D eigenvalue weighted by molar-refractivity contribution is 5.77. The summed E-state index contributed by atoms with van der Waals surface area (Å²) in [5.74, 6) is 0.124. The van der Waals surface area contributed by atoms with Crippen LogP contribution in [0.15, 0.2) is 0 Å². The SMILES string of the molecule is CN(C(=O)COC1CCNC1)C1CC1. The molecule has 2 aliphatic rings. The zero-order valence-electron chi connectivity index (χ0n) is 8.66. The van der Waals surface area contributed by atoms with E-state index in [0.29, 0.717) is 6.04 Å². The number of hydrogen-bond donors (Lipinski definition) is 1. The zero-order chi connectivity index (χ0) is 9.97. The Morgan fingerprint density at radius 2 is 2.29 bits per heavy atom. The number of nitrogens with one attached hydrogen (secondary N) is 1. The Bertz CT molecular complexity index is 210. The molecule has 2 rings (SSSR count). The fourth-order valence-electron chi connectivity index (χ4n) is 1.73. The molecule has 4 nitrogen and oxygen atoms in total. The highest BCUT2D eigenvalue weighted by Gasteiger charge is 2.29. The molecule has 14 heavy (non-hydrogen) atoms. The lowest BCUT2D eigenvalue weighted by Gasteiger charge is -2.17. The maximum Gasteiger partial charge on any atom is 0.248 e. The van der Waals surface area contributed by atoms with Crippen molar-refractivity contribution < 1.29 is 9.53 Å². The lowest BCUT2D eigenvalue weighted by atomic mass is 10.3. The predicted octanol–water partition coefficient (Wildman–Crippen LogP) is -0.0143. The number of amides is 1. The fraction of sp³-hybridized carbons (Fsp3) is 0.900. The van der Waals surface area contributed by atoms with E-state index in [0.717, 1.165) is 32.4 Å². The van der Waals surface area contributed by atoms with Crippen molar-refractivity contribution in [2.75, 3.05) is 26.7 Å². The van der Waals surface area contributed by atoms with Gasteiger partial charge in [-0.15, -0.1) is 0 Å². The molecular formula is C10H18N2O2. The first-order valence-corrected chi connectivity index (χ1v) is 5.35. The van der Waals surface area contributed by atoms with Crippen LogP contribution in [0.1, 0.15) is 19.3 Å². The standard InChI is InChI=1S/C10H18N2O2/c1-12(8-2-3-8)10(13)7-14-9-4-5-11-6-9/h8-9,11H,2-7H2,1H3. The first-order chi connectivity index (χ1) is 6.77. The van der Waals surface area contributed by atoms with Gasteiger partial charge in [-0.1, -0.05) is 0 Å².